The van der Waals surface area contributed by atoms with E-state index >= 15 is 0 Å². The summed E-state index contributed by atoms with van der Waals surface area (Å²) < 4.78 is 26.7. The Labute approximate surface area is 125 Å². The van der Waals surface area contributed by atoms with Gasteiger partial charge in [0.25, 0.3) is 0 Å². The molecule has 0 amide bonds. The van der Waals surface area contributed by atoms with Crippen LogP contribution in [0.2, 0.25) is 0 Å². The Balaban J connectivity index is 2.26. The molecule has 0 radical (unpaired) electrons. The maximum atomic E-state index is 12.6. The molecule has 1 aromatic carbocycles. The molecule has 0 saturated carbocycles. The van der Waals surface area contributed by atoms with Gasteiger partial charge in [-0.3, -0.25) is 4.98 Å². The van der Waals surface area contributed by atoms with Crippen LogP contribution in [0.3, 0.4) is 0 Å². The van der Waals surface area contributed by atoms with E-state index in [4.69, 9.17) is 5.73 Å². The average molecular weight is 305 g/mol. The van der Waals surface area contributed by atoms with Crippen molar-refractivity contribution in [1.82, 2.24) is 9.29 Å². The van der Waals surface area contributed by atoms with Crippen molar-refractivity contribution in [3.63, 3.8) is 0 Å². The first-order chi connectivity index (χ1) is 10.1. The van der Waals surface area contributed by atoms with Crippen molar-refractivity contribution >= 4 is 10.0 Å². The van der Waals surface area contributed by atoms with Gasteiger partial charge in [0.1, 0.15) is 0 Å². The molecule has 5 nitrogen and oxygen atoms in total. The summed E-state index contributed by atoms with van der Waals surface area (Å²) >= 11 is 0. The fourth-order valence-electron chi connectivity index (χ4n) is 1.99. The van der Waals surface area contributed by atoms with Crippen molar-refractivity contribution in [2.24, 2.45) is 5.73 Å². The highest BCUT2D eigenvalue weighted by molar-refractivity contribution is 7.89. The Morgan fingerprint density at radius 2 is 1.86 bits per heavy atom. The van der Waals surface area contributed by atoms with Crippen molar-refractivity contribution < 1.29 is 8.42 Å². The predicted octanol–water partition coefficient (Wildman–Crippen LogP) is 1.75. The summed E-state index contributed by atoms with van der Waals surface area (Å²) in [6.45, 7) is 2.86. The van der Waals surface area contributed by atoms with Crippen LogP contribution in [0.4, 0.5) is 0 Å². The van der Waals surface area contributed by atoms with Gasteiger partial charge in [-0.05, 0) is 29.8 Å². The topological polar surface area (TPSA) is 76.3 Å². The average Bonchev–Trinajstić information content (AvgIpc) is 2.53. The van der Waals surface area contributed by atoms with Gasteiger partial charge in [-0.2, -0.15) is 4.31 Å². The smallest absolute Gasteiger partial charge is 0.243 e. The molecule has 1 aromatic heterocycles. The Bertz CT molecular complexity index is 670. The number of hydrogen-bond donors (Lipinski definition) is 1. The van der Waals surface area contributed by atoms with Gasteiger partial charge >= 0.3 is 0 Å². The second kappa shape index (κ2) is 6.80. The van der Waals surface area contributed by atoms with E-state index in [1.165, 1.54) is 4.31 Å². The second-order valence-corrected chi connectivity index (χ2v) is 6.54. The molecule has 0 aliphatic rings. The largest absolute Gasteiger partial charge is 0.326 e. The quantitative estimate of drug-likeness (QED) is 0.882. The third kappa shape index (κ3) is 3.66. The van der Waals surface area contributed by atoms with Crippen LogP contribution in [0.25, 0.3) is 0 Å². The highest BCUT2D eigenvalue weighted by Crippen LogP contribution is 2.18. The van der Waals surface area contributed by atoms with E-state index in [0.29, 0.717) is 13.1 Å². The van der Waals surface area contributed by atoms with Gasteiger partial charge in [0.2, 0.25) is 10.0 Å². The van der Waals surface area contributed by atoms with Gasteiger partial charge in [0.05, 0.1) is 17.1 Å². The fraction of sp³-hybridized carbons (Fsp3) is 0.267. The minimum absolute atomic E-state index is 0.262. The van der Waals surface area contributed by atoms with Crippen LogP contribution in [0.15, 0.2) is 53.6 Å². The van der Waals surface area contributed by atoms with Crippen molar-refractivity contribution in [3.8, 4) is 0 Å². The van der Waals surface area contributed by atoms with E-state index in [0.717, 1.165) is 11.3 Å². The van der Waals surface area contributed by atoms with Crippen molar-refractivity contribution in [2.75, 3.05) is 6.54 Å². The summed E-state index contributed by atoms with van der Waals surface area (Å²) in [6.07, 6.45) is 1.66. The number of benzene rings is 1. The summed E-state index contributed by atoms with van der Waals surface area (Å²) in [5, 5.41) is 0. The second-order valence-electron chi connectivity index (χ2n) is 4.60. The number of hydrogen-bond acceptors (Lipinski definition) is 4. The molecule has 21 heavy (non-hydrogen) atoms. The number of aromatic nitrogens is 1. The molecular formula is C15H19N3O2S. The normalized spacial score (nSPS) is 11.8. The van der Waals surface area contributed by atoms with E-state index in [-0.39, 0.29) is 11.4 Å². The maximum absolute atomic E-state index is 12.6. The monoisotopic (exact) mass is 305 g/mol. The van der Waals surface area contributed by atoms with E-state index in [1.54, 1.807) is 36.5 Å². The summed E-state index contributed by atoms with van der Waals surface area (Å²) in [5.74, 6) is 0. The standard InChI is InChI=1S/C15H19N3O2S/c1-2-18(12-14-5-3-4-10-17-14)21(19,20)15-8-6-13(11-16)7-9-15/h3-10H,2,11-12,16H2,1H3. The number of rotatable bonds is 6. The van der Waals surface area contributed by atoms with Gasteiger partial charge in [-0.25, -0.2) is 8.42 Å². The van der Waals surface area contributed by atoms with Crippen LogP contribution in [0.5, 0.6) is 0 Å². The molecule has 6 heteroatoms. The molecule has 0 aliphatic carbocycles. The third-order valence-electron chi connectivity index (χ3n) is 3.21. The molecule has 112 valence electrons. The lowest BCUT2D eigenvalue weighted by atomic mass is 10.2. The van der Waals surface area contributed by atoms with Crippen LogP contribution in [0, 0.1) is 0 Å². The fourth-order valence-corrected chi connectivity index (χ4v) is 3.41. The van der Waals surface area contributed by atoms with E-state index in [2.05, 4.69) is 4.98 Å². The van der Waals surface area contributed by atoms with Gasteiger partial charge in [-0.15, -0.1) is 0 Å². The molecule has 0 aliphatic heterocycles. The van der Waals surface area contributed by atoms with Crippen molar-refractivity contribution in [2.45, 2.75) is 24.9 Å². The predicted molar refractivity (Wildman–Crippen MR) is 81.8 cm³/mol. The number of sulfonamides is 1. The molecule has 0 saturated heterocycles. The molecule has 1 heterocycles. The van der Waals surface area contributed by atoms with Gasteiger partial charge < -0.3 is 5.73 Å². The molecule has 0 atom stereocenters. The lowest BCUT2D eigenvalue weighted by Crippen LogP contribution is -2.30. The van der Waals surface area contributed by atoms with E-state index < -0.39 is 10.0 Å². The highest BCUT2D eigenvalue weighted by Gasteiger charge is 2.23. The number of nitrogens with zero attached hydrogens (tertiary/aromatic N) is 2. The first kappa shape index (κ1) is 15.6. The summed E-state index contributed by atoms with van der Waals surface area (Å²) in [4.78, 5) is 4.45. The van der Waals surface area contributed by atoms with E-state index in [9.17, 15) is 8.42 Å². The Morgan fingerprint density at radius 1 is 1.14 bits per heavy atom. The van der Waals surface area contributed by atoms with Crippen LogP contribution >= 0.6 is 0 Å². The first-order valence-electron chi connectivity index (χ1n) is 6.77. The van der Waals surface area contributed by atoms with Crippen LogP contribution in [-0.2, 0) is 23.1 Å². The van der Waals surface area contributed by atoms with Crippen molar-refractivity contribution in [1.29, 1.82) is 0 Å². The Kier molecular flexibility index (Phi) is 5.06. The molecule has 0 spiro atoms. The molecule has 0 fully saturated rings. The summed E-state index contributed by atoms with van der Waals surface area (Å²) in [7, 11) is -3.52. The lowest BCUT2D eigenvalue weighted by Gasteiger charge is -2.20. The zero-order chi connectivity index (χ0) is 15.3. The Hall–Kier alpha value is -1.76. The zero-order valence-electron chi connectivity index (χ0n) is 11.9. The first-order valence-corrected chi connectivity index (χ1v) is 8.21. The molecular weight excluding hydrogens is 286 g/mol. The van der Waals surface area contributed by atoms with E-state index in [1.807, 2.05) is 19.1 Å². The minimum Gasteiger partial charge on any atom is -0.326 e. The lowest BCUT2D eigenvalue weighted by molar-refractivity contribution is 0.419. The molecule has 0 bridgehead atoms. The Morgan fingerprint density at radius 3 is 2.38 bits per heavy atom. The van der Waals surface area contributed by atoms with Crippen molar-refractivity contribution in [3.05, 3.63) is 59.9 Å². The van der Waals surface area contributed by atoms with Crippen LogP contribution < -0.4 is 5.73 Å². The van der Waals surface area contributed by atoms with Crippen LogP contribution in [0.1, 0.15) is 18.2 Å². The third-order valence-corrected chi connectivity index (χ3v) is 5.15. The molecule has 2 N–H and O–H groups in total. The summed E-state index contributed by atoms with van der Waals surface area (Å²) in [6, 6.07) is 12.1. The van der Waals surface area contributed by atoms with Gasteiger partial charge in [0.15, 0.2) is 0 Å². The SMILES string of the molecule is CCN(Cc1ccccn1)S(=O)(=O)c1ccc(CN)cc1. The number of nitrogens with two attached hydrogens (primary N) is 1. The maximum Gasteiger partial charge on any atom is 0.243 e. The zero-order valence-corrected chi connectivity index (χ0v) is 12.8. The molecule has 2 aromatic rings. The highest BCUT2D eigenvalue weighted by atomic mass is 32.2. The van der Waals surface area contributed by atoms with Crippen LogP contribution in [-0.4, -0.2) is 24.3 Å². The minimum atomic E-state index is -3.52. The molecule has 2 rings (SSSR count). The summed E-state index contributed by atoms with van der Waals surface area (Å²) in [5.41, 5.74) is 7.16. The van der Waals surface area contributed by atoms with Gasteiger partial charge in [-0.1, -0.05) is 25.1 Å². The van der Waals surface area contributed by atoms with Gasteiger partial charge in [0, 0.05) is 19.3 Å². The number of pyridine rings is 1. The molecule has 0 unspecified atom stereocenters.